The molecule has 0 aromatic carbocycles. The Morgan fingerprint density at radius 1 is 1.04 bits per heavy atom. The van der Waals surface area contributed by atoms with Crippen LogP contribution in [0.5, 0.6) is 0 Å². The maximum absolute atomic E-state index is 13.0. The topological polar surface area (TPSA) is 91.3 Å². The van der Waals surface area contributed by atoms with Crippen LogP contribution in [0.15, 0.2) is 65.3 Å². The molecule has 8 heteroatoms. The van der Waals surface area contributed by atoms with Gasteiger partial charge < -0.3 is 16.1 Å². The van der Waals surface area contributed by atoms with Crippen molar-refractivity contribution in [1.82, 2.24) is 20.7 Å². The Balaban J connectivity index is 1.74. The van der Waals surface area contributed by atoms with E-state index in [1.807, 2.05) is 54.9 Å². The number of hydrazone groups is 1. The highest BCUT2D eigenvalue weighted by atomic mass is 32.1. The predicted molar refractivity (Wildman–Crippen MR) is 110 cm³/mol. The van der Waals surface area contributed by atoms with E-state index >= 15 is 0 Å². The van der Waals surface area contributed by atoms with Crippen LogP contribution in [0.2, 0.25) is 0 Å². The molecule has 4 rings (SSSR count). The summed E-state index contributed by atoms with van der Waals surface area (Å²) >= 11 is 1.47. The fraction of sp³-hybridized carbons (Fsp3) is 0.200. The lowest BCUT2D eigenvalue weighted by Crippen LogP contribution is -2.40. The van der Waals surface area contributed by atoms with Crippen molar-refractivity contribution in [3.63, 3.8) is 0 Å². The lowest BCUT2D eigenvalue weighted by atomic mass is 10.00. The number of anilines is 1. The maximum atomic E-state index is 13.0. The summed E-state index contributed by atoms with van der Waals surface area (Å²) in [7, 11) is 1.83. The van der Waals surface area contributed by atoms with Gasteiger partial charge in [-0.15, -0.1) is 11.3 Å². The van der Waals surface area contributed by atoms with Crippen molar-refractivity contribution in [1.29, 1.82) is 0 Å². The summed E-state index contributed by atoms with van der Waals surface area (Å²) in [5, 5.41) is 12.6. The van der Waals surface area contributed by atoms with Crippen molar-refractivity contribution in [3.8, 4) is 0 Å². The van der Waals surface area contributed by atoms with Gasteiger partial charge in [-0.1, -0.05) is 12.1 Å². The summed E-state index contributed by atoms with van der Waals surface area (Å²) in [6.07, 6.45) is 4.07. The number of aromatic nitrogens is 2. The molecule has 1 amide bonds. The van der Waals surface area contributed by atoms with Crippen LogP contribution >= 0.6 is 11.3 Å². The Labute approximate surface area is 166 Å². The molecule has 0 fully saturated rings. The van der Waals surface area contributed by atoms with E-state index in [-0.39, 0.29) is 18.0 Å². The number of carbonyl (C=O) groups is 1. The minimum absolute atomic E-state index is 0.165. The third-order valence-electron chi connectivity index (χ3n) is 4.56. The van der Waals surface area contributed by atoms with Gasteiger partial charge in [0.15, 0.2) is 5.71 Å². The first-order valence-corrected chi connectivity index (χ1v) is 9.85. The number of hydrogen-bond acceptors (Lipinski definition) is 7. The molecule has 0 unspecified atom stereocenters. The smallest absolute Gasteiger partial charge is 0.273 e. The number of nitrogens with zero attached hydrogens (tertiary/aromatic N) is 3. The molecule has 0 aliphatic carbocycles. The molecule has 142 valence electrons. The number of nitrogens with one attached hydrogen (secondary N) is 3. The Bertz CT molecular complexity index is 973. The van der Waals surface area contributed by atoms with Gasteiger partial charge in [-0.2, -0.15) is 5.10 Å². The van der Waals surface area contributed by atoms with Gasteiger partial charge in [-0.25, -0.2) is 0 Å². The highest BCUT2D eigenvalue weighted by molar-refractivity contribution is 7.13. The first-order chi connectivity index (χ1) is 13.8. The van der Waals surface area contributed by atoms with Gasteiger partial charge in [0, 0.05) is 25.9 Å². The second-order valence-corrected chi connectivity index (χ2v) is 7.24. The van der Waals surface area contributed by atoms with Gasteiger partial charge in [-0.05, 0) is 35.7 Å². The van der Waals surface area contributed by atoms with E-state index < -0.39 is 0 Å². The van der Waals surface area contributed by atoms with Gasteiger partial charge in [0.05, 0.1) is 34.0 Å². The minimum Gasteiger partial charge on any atom is -0.387 e. The standard InChI is InChI=1S/C20H20N6OS/c1-21-15-8-11-28-19(15)18-20(27)24-16(13-6-2-4-9-22-13)12-17(25-26-18)14-7-3-5-10-23-14/h2-11,16-17,21,25H,12H2,1H3,(H,24,27)/b26-18+/t16-,17-/m0/s1. The Kier molecular flexibility index (Phi) is 5.29. The van der Waals surface area contributed by atoms with Crippen LogP contribution in [-0.2, 0) is 4.79 Å². The van der Waals surface area contributed by atoms with Crippen molar-refractivity contribution >= 4 is 28.6 Å². The van der Waals surface area contributed by atoms with E-state index in [4.69, 9.17) is 0 Å². The van der Waals surface area contributed by atoms with Gasteiger partial charge in [0.1, 0.15) is 0 Å². The van der Waals surface area contributed by atoms with Crippen LogP contribution in [-0.4, -0.2) is 28.6 Å². The lowest BCUT2D eigenvalue weighted by Gasteiger charge is -2.27. The number of hydrogen-bond donors (Lipinski definition) is 3. The number of thiophene rings is 1. The Hall–Kier alpha value is -3.26. The fourth-order valence-electron chi connectivity index (χ4n) is 3.16. The first-order valence-electron chi connectivity index (χ1n) is 8.98. The van der Waals surface area contributed by atoms with Crippen molar-refractivity contribution in [2.75, 3.05) is 12.4 Å². The van der Waals surface area contributed by atoms with E-state index in [0.717, 1.165) is 22.0 Å². The summed E-state index contributed by atoms with van der Waals surface area (Å²) in [6.45, 7) is 0. The third kappa shape index (κ3) is 3.72. The van der Waals surface area contributed by atoms with Gasteiger partial charge in [-0.3, -0.25) is 14.8 Å². The van der Waals surface area contributed by atoms with E-state index in [2.05, 4.69) is 31.1 Å². The van der Waals surface area contributed by atoms with E-state index in [1.165, 1.54) is 11.3 Å². The maximum Gasteiger partial charge on any atom is 0.273 e. The van der Waals surface area contributed by atoms with Crippen LogP contribution in [0.4, 0.5) is 5.69 Å². The molecule has 4 heterocycles. The molecule has 7 nitrogen and oxygen atoms in total. The summed E-state index contributed by atoms with van der Waals surface area (Å²) in [5.74, 6) is -0.235. The van der Waals surface area contributed by atoms with Crippen LogP contribution in [0, 0.1) is 0 Å². The minimum atomic E-state index is -0.267. The van der Waals surface area contributed by atoms with E-state index in [9.17, 15) is 4.79 Å². The molecule has 3 aromatic rings. The molecule has 1 aliphatic heterocycles. The summed E-state index contributed by atoms with van der Waals surface area (Å²) in [6, 6.07) is 13.0. The van der Waals surface area contributed by atoms with Crippen molar-refractivity contribution < 1.29 is 4.79 Å². The Morgan fingerprint density at radius 3 is 2.39 bits per heavy atom. The van der Waals surface area contributed by atoms with Crippen LogP contribution in [0.1, 0.15) is 34.8 Å². The van der Waals surface area contributed by atoms with Gasteiger partial charge in [0.25, 0.3) is 5.91 Å². The van der Waals surface area contributed by atoms with Gasteiger partial charge >= 0.3 is 0 Å². The molecule has 0 spiro atoms. The van der Waals surface area contributed by atoms with Crippen LogP contribution < -0.4 is 16.1 Å². The second kappa shape index (κ2) is 8.18. The average molecular weight is 392 g/mol. The number of carbonyl (C=O) groups excluding carboxylic acids is 1. The predicted octanol–water partition coefficient (Wildman–Crippen LogP) is 2.88. The highest BCUT2D eigenvalue weighted by Crippen LogP contribution is 2.28. The lowest BCUT2D eigenvalue weighted by molar-refractivity contribution is -0.115. The monoisotopic (exact) mass is 392 g/mol. The molecule has 28 heavy (non-hydrogen) atoms. The molecular weight excluding hydrogens is 372 g/mol. The molecular formula is C20H20N6OS. The number of amides is 1. The highest BCUT2D eigenvalue weighted by Gasteiger charge is 2.29. The normalized spacial score (nSPS) is 21.5. The number of rotatable bonds is 4. The zero-order valence-corrected chi connectivity index (χ0v) is 16.1. The average Bonchev–Trinajstić information content (AvgIpc) is 3.20. The number of pyridine rings is 2. The molecule has 0 radical (unpaired) electrons. The molecule has 0 bridgehead atoms. The van der Waals surface area contributed by atoms with Crippen molar-refractivity contribution in [2.24, 2.45) is 5.10 Å². The second-order valence-electron chi connectivity index (χ2n) is 6.33. The molecule has 0 saturated carbocycles. The van der Waals surface area contributed by atoms with Crippen molar-refractivity contribution in [3.05, 3.63) is 76.5 Å². The largest absolute Gasteiger partial charge is 0.387 e. The quantitative estimate of drug-likeness (QED) is 0.635. The molecule has 0 saturated heterocycles. The molecule has 2 atom stereocenters. The zero-order valence-electron chi connectivity index (χ0n) is 15.3. The fourth-order valence-corrected chi connectivity index (χ4v) is 4.04. The van der Waals surface area contributed by atoms with E-state index in [1.54, 1.807) is 12.4 Å². The van der Waals surface area contributed by atoms with Crippen LogP contribution in [0.3, 0.4) is 0 Å². The zero-order chi connectivity index (χ0) is 19.3. The Morgan fingerprint density at radius 2 is 1.75 bits per heavy atom. The van der Waals surface area contributed by atoms with Gasteiger partial charge in [0.2, 0.25) is 0 Å². The first kappa shape index (κ1) is 18.1. The summed E-state index contributed by atoms with van der Waals surface area (Å²) in [4.78, 5) is 22.7. The van der Waals surface area contributed by atoms with Crippen molar-refractivity contribution in [2.45, 2.75) is 18.5 Å². The molecule has 3 N–H and O–H groups in total. The molecule has 3 aromatic heterocycles. The third-order valence-corrected chi connectivity index (χ3v) is 5.48. The molecule has 1 aliphatic rings. The SMILES string of the molecule is CNc1ccsc1/C1=N\N[C@H](c2ccccn2)C[C@@H](c2ccccn2)NC1=O. The summed E-state index contributed by atoms with van der Waals surface area (Å²) in [5.41, 5.74) is 6.06. The van der Waals surface area contributed by atoms with E-state index in [0.29, 0.717) is 12.1 Å². The van der Waals surface area contributed by atoms with Crippen LogP contribution in [0.25, 0.3) is 0 Å². The summed E-state index contributed by atoms with van der Waals surface area (Å²) < 4.78 is 0.